The van der Waals surface area contributed by atoms with Gasteiger partial charge in [-0.3, -0.25) is 19.2 Å². The van der Waals surface area contributed by atoms with Crippen molar-refractivity contribution < 1.29 is 57.1 Å². The zero-order chi connectivity index (χ0) is 27.8. The van der Waals surface area contributed by atoms with Crippen molar-refractivity contribution in [3.8, 4) is 0 Å². The molecule has 15 heteroatoms. The number of aromatic nitrogens is 3. The average Bonchev–Trinajstić information content (AvgIpc) is 3.52. The summed E-state index contributed by atoms with van der Waals surface area (Å²) in [6.45, 7) is 3.65. The number of ether oxygens (including phenoxy) is 6. The normalized spacial score (nSPS) is 23.8. The van der Waals surface area contributed by atoms with Crippen LogP contribution in [0.25, 0.3) is 0 Å². The van der Waals surface area contributed by atoms with E-state index in [9.17, 15) is 24.3 Å². The van der Waals surface area contributed by atoms with Crippen LogP contribution in [0.3, 0.4) is 0 Å². The van der Waals surface area contributed by atoms with Crippen molar-refractivity contribution in [2.45, 2.75) is 71.0 Å². The first-order valence-electron chi connectivity index (χ1n) is 11.6. The molecule has 15 nitrogen and oxygen atoms in total. The number of carbonyl (C=O) groups excluding carboxylic acids is 4. The van der Waals surface area contributed by atoms with Gasteiger partial charge < -0.3 is 37.9 Å². The Hall–Kier alpha value is -3.82. The monoisotopic (exact) mass is 539 g/mol. The highest BCUT2D eigenvalue weighted by Gasteiger charge is 2.52. The molecular weight excluding hydrogens is 510 g/mol. The molecule has 38 heavy (non-hydrogen) atoms. The third kappa shape index (κ3) is 7.60. The maximum absolute atomic E-state index is 11.9. The lowest BCUT2D eigenvalue weighted by atomic mass is 9.98. The lowest BCUT2D eigenvalue weighted by Gasteiger charge is -2.43. The Morgan fingerprint density at radius 1 is 1.00 bits per heavy atom. The van der Waals surface area contributed by atoms with Gasteiger partial charge in [-0.25, -0.2) is 4.68 Å². The third-order valence-corrected chi connectivity index (χ3v) is 5.27. The van der Waals surface area contributed by atoms with Crippen molar-refractivity contribution in [3.05, 3.63) is 36.0 Å². The minimum atomic E-state index is -1.36. The molecule has 1 saturated heterocycles. The van der Waals surface area contributed by atoms with Gasteiger partial charge in [0.1, 0.15) is 30.2 Å². The van der Waals surface area contributed by atoms with Crippen LogP contribution in [0.4, 0.5) is 0 Å². The van der Waals surface area contributed by atoms with Gasteiger partial charge in [0.25, 0.3) is 0 Å². The molecule has 0 spiro atoms. The molecule has 0 amide bonds. The van der Waals surface area contributed by atoms with Gasteiger partial charge in [-0.05, 0) is 12.1 Å². The fraction of sp³-hybridized carbons (Fsp3) is 0.565. The lowest BCUT2D eigenvalue weighted by Crippen LogP contribution is -2.62. The number of rotatable bonds is 11. The Morgan fingerprint density at radius 2 is 1.66 bits per heavy atom. The summed E-state index contributed by atoms with van der Waals surface area (Å²) in [6, 6.07) is 2.72. The Morgan fingerprint density at radius 3 is 2.24 bits per heavy atom. The van der Waals surface area contributed by atoms with Crippen LogP contribution in [0.1, 0.15) is 45.2 Å². The van der Waals surface area contributed by atoms with Crippen molar-refractivity contribution in [3.63, 3.8) is 0 Å². The summed E-state index contributed by atoms with van der Waals surface area (Å²) < 4.78 is 39.5. The molecular formula is C23H29N3O12. The second kappa shape index (κ2) is 13.1. The standard InChI is InChI=1S/C23H29N3O12/c1-12(28)33-11-19-20(35-13(2)29)21(36-14(3)30)22(37-15(4)31)23(38-19)34-10-16-8-26(25-24-16)17(9-27)18-6-5-7-32-18/h5-8,17,19-23,27H,9-11H2,1-4H3/t17-,19+,20-,21-,22+,23+/m0/s1. The molecule has 1 fully saturated rings. The molecule has 0 aromatic carbocycles. The molecule has 1 aliphatic rings. The molecule has 1 N–H and O–H groups in total. The second-order valence-electron chi connectivity index (χ2n) is 8.28. The maximum Gasteiger partial charge on any atom is 0.303 e. The van der Waals surface area contributed by atoms with Crippen LogP contribution in [-0.4, -0.2) is 87.9 Å². The van der Waals surface area contributed by atoms with E-state index < -0.39 is 60.6 Å². The summed E-state index contributed by atoms with van der Waals surface area (Å²) in [5.74, 6) is -2.42. The van der Waals surface area contributed by atoms with E-state index in [4.69, 9.17) is 32.8 Å². The molecule has 2 aromatic rings. The summed E-state index contributed by atoms with van der Waals surface area (Å²) in [6.07, 6.45) is -3.54. The Kier molecular flexibility index (Phi) is 9.92. The molecule has 6 atom stereocenters. The summed E-state index contributed by atoms with van der Waals surface area (Å²) in [5.41, 5.74) is 0.308. The topological polar surface area (TPSA) is 188 Å². The number of aliphatic hydroxyl groups is 1. The first-order valence-corrected chi connectivity index (χ1v) is 11.6. The number of esters is 4. The highest BCUT2D eigenvalue weighted by Crippen LogP contribution is 2.30. The van der Waals surface area contributed by atoms with Gasteiger partial charge in [-0.15, -0.1) is 5.10 Å². The zero-order valence-corrected chi connectivity index (χ0v) is 21.2. The van der Waals surface area contributed by atoms with Crippen LogP contribution in [0.5, 0.6) is 0 Å². The van der Waals surface area contributed by atoms with Crippen LogP contribution < -0.4 is 0 Å². The van der Waals surface area contributed by atoms with E-state index in [1.165, 1.54) is 24.1 Å². The first-order chi connectivity index (χ1) is 18.1. The van der Waals surface area contributed by atoms with Crippen molar-refractivity contribution in [2.75, 3.05) is 13.2 Å². The highest BCUT2D eigenvalue weighted by molar-refractivity contribution is 5.68. The Labute approximate surface area is 216 Å². The van der Waals surface area contributed by atoms with Crippen LogP contribution >= 0.6 is 0 Å². The molecule has 1 aliphatic heterocycles. The van der Waals surface area contributed by atoms with Crippen molar-refractivity contribution >= 4 is 23.9 Å². The molecule has 3 heterocycles. The van der Waals surface area contributed by atoms with E-state index in [0.717, 1.165) is 20.8 Å². The summed E-state index contributed by atoms with van der Waals surface area (Å²) >= 11 is 0. The van der Waals surface area contributed by atoms with Crippen LogP contribution in [0, 0.1) is 0 Å². The predicted octanol–water partition coefficient (Wildman–Crippen LogP) is 0.0525. The smallest absolute Gasteiger partial charge is 0.303 e. The Bertz CT molecular complexity index is 1100. The molecule has 0 unspecified atom stereocenters. The maximum atomic E-state index is 11.9. The molecule has 3 rings (SSSR count). The number of hydrogen-bond donors (Lipinski definition) is 1. The van der Waals surface area contributed by atoms with Gasteiger partial charge in [0.05, 0.1) is 25.7 Å². The molecule has 208 valence electrons. The fourth-order valence-corrected chi connectivity index (χ4v) is 3.81. The quantitative estimate of drug-likeness (QED) is 0.298. The van der Waals surface area contributed by atoms with Crippen LogP contribution in [-0.2, 0) is 54.2 Å². The first kappa shape index (κ1) is 28.7. The third-order valence-electron chi connectivity index (χ3n) is 5.27. The lowest BCUT2D eigenvalue weighted by molar-refractivity contribution is -0.310. The summed E-state index contributed by atoms with van der Waals surface area (Å²) in [4.78, 5) is 47.0. The molecule has 2 aromatic heterocycles. The van der Waals surface area contributed by atoms with E-state index in [0.29, 0.717) is 11.5 Å². The number of hydrogen-bond acceptors (Lipinski definition) is 14. The number of aliphatic hydroxyl groups excluding tert-OH is 1. The fourth-order valence-electron chi connectivity index (χ4n) is 3.81. The van der Waals surface area contributed by atoms with E-state index in [-0.39, 0.29) is 19.8 Å². The van der Waals surface area contributed by atoms with Crippen LogP contribution in [0.15, 0.2) is 29.0 Å². The van der Waals surface area contributed by atoms with Gasteiger partial charge in [-0.2, -0.15) is 0 Å². The molecule has 0 aliphatic carbocycles. The largest absolute Gasteiger partial charge is 0.467 e. The van der Waals surface area contributed by atoms with Crippen molar-refractivity contribution in [1.82, 2.24) is 15.0 Å². The van der Waals surface area contributed by atoms with Gasteiger partial charge in [0.2, 0.25) is 0 Å². The second-order valence-corrected chi connectivity index (χ2v) is 8.28. The SMILES string of the molecule is CC(=O)OC[C@H]1O[C@@H](OCc2cn([C@@H](CO)c3ccco3)nn2)[C@H](OC(C)=O)[C@@H](OC(C)=O)[C@H]1OC(C)=O. The van der Waals surface area contributed by atoms with Gasteiger partial charge in [0.15, 0.2) is 24.6 Å². The predicted molar refractivity (Wildman–Crippen MR) is 121 cm³/mol. The van der Waals surface area contributed by atoms with Gasteiger partial charge in [-0.1, -0.05) is 5.21 Å². The number of carbonyl (C=O) groups is 4. The molecule has 0 bridgehead atoms. The van der Waals surface area contributed by atoms with E-state index in [1.54, 1.807) is 12.1 Å². The number of nitrogens with zero attached hydrogens (tertiary/aromatic N) is 3. The summed E-state index contributed by atoms with van der Waals surface area (Å²) in [7, 11) is 0. The minimum Gasteiger partial charge on any atom is -0.467 e. The Balaban J connectivity index is 1.85. The molecule has 0 radical (unpaired) electrons. The minimum absolute atomic E-state index is 0.218. The molecule has 0 saturated carbocycles. The van der Waals surface area contributed by atoms with Crippen LogP contribution in [0.2, 0.25) is 0 Å². The summed E-state index contributed by atoms with van der Waals surface area (Å²) in [5, 5.41) is 17.8. The van der Waals surface area contributed by atoms with E-state index in [2.05, 4.69) is 10.3 Å². The number of furan rings is 1. The highest BCUT2D eigenvalue weighted by atomic mass is 16.7. The van der Waals surface area contributed by atoms with Gasteiger partial charge >= 0.3 is 23.9 Å². The van der Waals surface area contributed by atoms with E-state index >= 15 is 0 Å². The van der Waals surface area contributed by atoms with Gasteiger partial charge in [0, 0.05) is 27.7 Å². The van der Waals surface area contributed by atoms with Crippen molar-refractivity contribution in [2.24, 2.45) is 0 Å². The average molecular weight is 539 g/mol. The van der Waals surface area contributed by atoms with E-state index in [1.807, 2.05) is 0 Å². The van der Waals surface area contributed by atoms with Crippen molar-refractivity contribution in [1.29, 1.82) is 0 Å². The zero-order valence-electron chi connectivity index (χ0n) is 21.2.